The molecule has 0 aliphatic rings. The number of carbonyl (C=O) groups is 1. The molecule has 1 aromatic heterocycles. The molecule has 1 amide bonds. The van der Waals surface area contributed by atoms with Gasteiger partial charge in [-0.2, -0.15) is 0 Å². The first-order valence-corrected chi connectivity index (χ1v) is 9.50. The molecule has 2 aromatic rings. The number of hydrogen-bond acceptors (Lipinski definition) is 4. The number of para-hydroxylation sites is 1. The number of amides is 1. The summed E-state index contributed by atoms with van der Waals surface area (Å²) < 4.78 is 10.6. The first-order chi connectivity index (χ1) is 13.6. The molecule has 0 aliphatic heterocycles. The van der Waals surface area contributed by atoms with Crippen LogP contribution in [-0.2, 0) is 6.54 Å². The predicted molar refractivity (Wildman–Crippen MR) is 111 cm³/mol. The molecule has 152 valence electrons. The normalized spacial score (nSPS) is 11.2. The standard InChI is InChI=1S/C21H30N4O3/c1-5-22-21(25(3)15-17-9-6-7-10-18(17)27-4)24-13-8-12-23-20(26)19-16(2)11-14-28-19/h6-7,9-11,14H,5,8,12-13,15H2,1-4H3,(H,22,24)(H,23,26). The SMILES string of the molecule is CCNC(=NCCCNC(=O)c1occc1C)N(C)Cc1ccccc1OC. The molecule has 2 N–H and O–H groups in total. The summed E-state index contributed by atoms with van der Waals surface area (Å²) in [5.74, 6) is 1.86. The Kier molecular flexibility index (Phi) is 8.39. The zero-order valence-electron chi connectivity index (χ0n) is 17.1. The molecule has 1 heterocycles. The van der Waals surface area contributed by atoms with Crippen molar-refractivity contribution in [2.45, 2.75) is 26.8 Å². The average Bonchev–Trinajstić information content (AvgIpc) is 3.13. The molecule has 7 nitrogen and oxygen atoms in total. The van der Waals surface area contributed by atoms with E-state index in [2.05, 4.69) is 20.5 Å². The van der Waals surface area contributed by atoms with Gasteiger partial charge in [-0.1, -0.05) is 18.2 Å². The highest BCUT2D eigenvalue weighted by Gasteiger charge is 2.12. The van der Waals surface area contributed by atoms with E-state index in [4.69, 9.17) is 9.15 Å². The number of ether oxygens (including phenoxy) is 1. The highest BCUT2D eigenvalue weighted by molar-refractivity contribution is 5.92. The summed E-state index contributed by atoms with van der Waals surface area (Å²) in [5.41, 5.74) is 1.93. The Bertz CT molecular complexity index is 785. The van der Waals surface area contributed by atoms with E-state index in [0.29, 0.717) is 25.4 Å². The fourth-order valence-electron chi connectivity index (χ4n) is 2.79. The van der Waals surface area contributed by atoms with Gasteiger partial charge in [-0.25, -0.2) is 0 Å². The van der Waals surface area contributed by atoms with Crippen LogP contribution in [0.4, 0.5) is 0 Å². The highest BCUT2D eigenvalue weighted by atomic mass is 16.5. The van der Waals surface area contributed by atoms with E-state index in [0.717, 1.165) is 35.8 Å². The molecule has 7 heteroatoms. The van der Waals surface area contributed by atoms with E-state index in [1.165, 1.54) is 6.26 Å². The predicted octanol–water partition coefficient (Wildman–Crippen LogP) is 2.81. The lowest BCUT2D eigenvalue weighted by Gasteiger charge is -2.23. The second-order valence-electron chi connectivity index (χ2n) is 6.45. The van der Waals surface area contributed by atoms with Crippen molar-refractivity contribution in [3.63, 3.8) is 0 Å². The first-order valence-electron chi connectivity index (χ1n) is 9.50. The Balaban J connectivity index is 1.85. The van der Waals surface area contributed by atoms with Crippen molar-refractivity contribution in [3.8, 4) is 5.75 Å². The van der Waals surface area contributed by atoms with Crippen molar-refractivity contribution in [1.82, 2.24) is 15.5 Å². The van der Waals surface area contributed by atoms with Gasteiger partial charge in [0.1, 0.15) is 5.75 Å². The van der Waals surface area contributed by atoms with Crippen LogP contribution in [0.25, 0.3) is 0 Å². The molecular formula is C21H30N4O3. The molecular weight excluding hydrogens is 356 g/mol. The summed E-state index contributed by atoms with van der Waals surface area (Å²) in [6.45, 7) is 6.50. The van der Waals surface area contributed by atoms with Crippen LogP contribution < -0.4 is 15.4 Å². The molecule has 2 rings (SSSR count). The third kappa shape index (κ3) is 6.04. The van der Waals surface area contributed by atoms with Crippen molar-refractivity contribution in [1.29, 1.82) is 0 Å². The molecule has 0 radical (unpaired) electrons. The summed E-state index contributed by atoms with van der Waals surface area (Å²) in [4.78, 5) is 18.7. The van der Waals surface area contributed by atoms with Gasteiger partial charge in [-0.15, -0.1) is 0 Å². The lowest BCUT2D eigenvalue weighted by molar-refractivity contribution is 0.0925. The first kappa shape index (κ1) is 21.3. The van der Waals surface area contributed by atoms with E-state index < -0.39 is 0 Å². The van der Waals surface area contributed by atoms with Crippen LogP contribution in [0.2, 0.25) is 0 Å². The van der Waals surface area contributed by atoms with Crippen LogP contribution in [-0.4, -0.2) is 50.6 Å². The third-order valence-corrected chi connectivity index (χ3v) is 4.25. The molecule has 0 bridgehead atoms. The molecule has 0 spiro atoms. The summed E-state index contributed by atoms with van der Waals surface area (Å²) in [6.07, 6.45) is 2.26. The van der Waals surface area contributed by atoms with E-state index in [1.807, 2.05) is 45.2 Å². The van der Waals surface area contributed by atoms with Crippen LogP contribution in [0.1, 0.15) is 35.0 Å². The van der Waals surface area contributed by atoms with E-state index in [1.54, 1.807) is 13.2 Å². The number of hydrogen-bond donors (Lipinski definition) is 2. The Morgan fingerprint density at radius 3 is 2.71 bits per heavy atom. The molecule has 0 fully saturated rings. The second-order valence-corrected chi connectivity index (χ2v) is 6.45. The number of aliphatic imine (C=N–C) groups is 1. The topological polar surface area (TPSA) is 79.1 Å². The van der Waals surface area contributed by atoms with Gasteiger partial charge in [0.05, 0.1) is 13.4 Å². The van der Waals surface area contributed by atoms with Gasteiger partial charge in [0.2, 0.25) is 0 Å². The summed E-state index contributed by atoms with van der Waals surface area (Å²) in [6, 6.07) is 9.74. The zero-order valence-corrected chi connectivity index (χ0v) is 17.1. The Morgan fingerprint density at radius 2 is 2.04 bits per heavy atom. The van der Waals surface area contributed by atoms with Crippen molar-refractivity contribution >= 4 is 11.9 Å². The molecule has 0 unspecified atom stereocenters. The van der Waals surface area contributed by atoms with Crippen molar-refractivity contribution < 1.29 is 13.9 Å². The van der Waals surface area contributed by atoms with Crippen molar-refractivity contribution in [3.05, 3.63) is 53.5 Å². The monoisotopic (exact) mass is 386 g/mol. The quantitative estimate of drug-likeness (QED) is 0.394. The van der Waals surface area contributed by atoms with Crippen LogP contribution >= 0.6 is 0 Å². The number of nitrogens with one attached hydrogen (secondary N) is 2. The number of guanidine groups is 1. The lowest BCUT2D eigenvalue weighted by atomic mass is 10.2. The minimum atomic E-state index is -0.188. The number of carbonyl (C=O) groups excluding carboxylic acids is 1. The van der Waals surface area contributed by atoms with Crippen LogP contribution in [0.15, 0.2) is 46.0 Å². The number of nitrogens with zero attached hydrogens (tertiary/aromatic N) is 2. The maximum absolute atomic E-state index is 12.0. The summed E-state index contributed by atoms with van der Waals surface area (Å²) >= 11 is 0. The van der Waals surface area contributed by atoms with Crippen molar-refractivity contribution in [2.75, 3.05) is 33.8 Å². The van der Waals surface area contributed by atoms with Gasteiger partial charge >= 0.3 is 0 Å². The molecule has 28 heavy (non-hydrogen) atoms. The average molecular weight is 386 g/mol. The van der Waals surface area contributed by atoms with Gasteiger partial charge in [-0.3, -0.25) is 9.79 Å². The number of methoxy groups -OCH3 is 1. The van der Waals surface area contributed by atoms with Gasteiger partial charge in [0.25, 0.3) is 5.91 Å². The molecule has 0 saturated carbocycles. The summed E-state index contributed by atoms with van der Waals surface area (Å²) in [7, 11) is 3.67. The zero-order chi connectivity index (χ0) is 20.4. The fourth-order valence-corrected chi connectivity index (χ4v) is 2.79. The van der Waals surface area contributed by atoms with E-state index >= 15 is 0 Å². The molecule has 1 aromatic carbocycles. The number of benzene rings is 1. The van der Waals surface area contributed by atoms with E-state index in [-0.39, 0.29) is 5.91 Å². The fraction of sp³-hybridized carbons (Fsp3) is 0.429. The summed E-state index contributed by atoms with van der Waals surface area (Å²) in [5, 5.41) is 6.17. The maximum Gasteiger partial charge on any atom is 0.287 e. The smallest absolute Gasteiger partial charge is 0.287 e. The minimum absolute atomic E-state index is 0.188. The van der Waals surface area contributed by atoms with Gasteiger partial charge in [0.15, 0.2) is 11.7 Å². The van der Waals surface area contributed by atoms with Crippen LogP contribution in [0.3, 0.4) is 0 Å². The van der Waals surface area contributed by atoms with Gasteiger partial charge in [-0.05, 0) is 32.4 Å². The minimum Gasteiger partial charge on any atom is -0.496 e. The number of furan rings is 1. The van der Waals surface area contributed by atoms with Gasteiger partial charge < -0.3 is 24.7 Å². The number of aryl methyl sites for hydroxylation is 1. The number of rotatable bonds is 9. The Hall–Kier alpha value is -2.96. The maximum atomic E-state index is 12.0. The second kappa shape index (κ2) is 11.0. The van der Waals surface area contributed by atoms with Gasteiger partial charge in [0, 0.05) is 44.4 Å². The molecule has 0 saturated heterocycles. The Morgan fingerprint density at radius 1 is 1.25 bits per heavy atom. The lowest BCUT2D eigenvalue weighted by Crippen LogP contribution is -2.38. The van der Waals surface area contributed by atoms with Crippen LogP contribution in [0, 0.1) is 6.92 Å². The molecule has 0 atom stereocenters. The molecule has 0 aliphatic carbocycles. The van der Waals surface area contributed by atoms with Crippen LogP contribution in [0.5, 0.6) is 5.75 Å². The largest absolute Gasteiger partial charge is 0.496 e. The van der Waals surface area contributed by atoms with E-state index in [9.17, 15) is 4.79 Å². The highest BCUT2D eigenvalue weighted by Crippen LogP contribution is 2.18. The third-order valence-electron chi connectivity index (χ3n) is 4.25. The van der Waals surface area contributed by atoms with Crippen molar-refractivity contribution in [2.24, 2.45) is 4.99 Å². The Labute approximate surface area is 166 Å².